The zero-order valence-corrected chi connectivity index (χ0v) is 18.7. The highest BCUT2D eigenvalue weighted by Crippen LogP contribution is 2.32. The van der Waals surface area contributed by atoms with Crippen molar-refractivity contribution < 1.29 is 17.5 Å². The molecular weight excluding hydrogens is 468 g/mol. The molecule has 35 heavy (non-hydrogen) atoms. The van der Waals surface area contributed by atoms with Crippen LogP contribution < -0.4 is 0 Å². The standard InChI is InChI=1S/2C12H8N3.H2O4S/c2*13-15-11-7-3-5-9-8-4-1-2-6-10(8)14-12(9)11;1-5(2,3)4/h2*1-7,14H;(H2,1,2,3,4)/q2*+1;/p-2. The number of aromatic nitrogens is 2. The van der Waals surface area contributed by atoms with Gasteiger partial charge in [-0.1, -0.05) is 60.7 Å². The van der Waals surface area contributed by atoms with Crippen molar-refractivity contribution in [2.75, 3.05) is 0 Å². The lowest BCUT2D eigenvalue weighted by Gasteiger charge is -2.06. The van der Waals surface area contributed by atoms with E-state index in [0.29, 0.717) is 11.4 Å². The van der Waals surface area contributed by atoms with E-state index in [1.807, 2.05) is 60.7 Å². The van der Waals surface area contributed by atoms with Crippen LogP contribution in [0.4, 0.5) is 11.4 Å². The smallest absolute Gasteiger partial charge is 0.408 e. The van der Waals surface area contributed by atoms with Crippen LogP contribution in [0, 0.1) is 10.8 Å². The minimum Gasteiger partial charge on any atom is -0.759 e. The number of H-pyrrole nitrogens is 2. The molecule has 0 amide bonds. The lowest BCUT2D eigenvalue weighted by atomic mass is 10.1. The molecule has 4 aromatic carbocycles. The summed E-state index contributed by atoms with van der Waals surface area (Å²) < 4.78 is 34.1. The number of hydrogen-bond acceptors (Lipinski definition) is 6. The van der Waals surface area contributed by atoms with Crippen molar-refractivity contribution in [2.24, 2.45) is 0 Å². The van der Waals surface area contributed by atoms with Gasteiger partial charge in [-0.05, 0) is 12.1 Å². The molecule has 0 bridgehead atoms. The van der Waals surface area contributed by atoms with E-state index in [0.717, 1.165) is 43.6 Å². The van der Waals surface area contributed by atoms with Crippen LogP contribution in [-0.4, -0.2) is 27.5 Å². The average molecular weight is 484 g/mol. The molecule has 0 unspecified atom stereocenters. The fourth-order valence-electron chi connectivity index (χ4n) is 3.88. The van der Waals surface area contributed by atoms with Crippen LogP contribution in [0.15, 0.2) is 84.9 Å². The van der Waals surface area contributed by atoms with Gasteiger partial charge in [-0.25, -0.2) is 0 Å². The Kier molecular flexibility index (Phi) is 6.40. The second-order valence-electron chi connectivity index (χ2n) is 7.35. The number of para-hydroxylation sites is 4. The van der Waals surface area contributed by atoms with E-state index in [4.69, 9.17) is 28.3 Å². The second kappa shape index (κ2) is 9.59. The SMILES string of the molecule is N#[N+]c1cccc2c1[nH]c1ccccc12.N#[N+]c1cccc2c1[nH]c1ccccc12.O=S(=O)([O-])[O-]. The number of nitrogens with one attached hydrogen (secondary N) is 2. The van der Waals surface area contributed by atoms with Crippen LogP contribution in [0.3, 0.4) is 0 Å². The number of aromatic amines is 2. The van der Waals surface area contributed by atoms with Gasteiger partial charge >= 0.3 is 11.4 Å². The molecule has 6 rings (SSSR count). The molecule has 2 N–H and O–H groups in total. The number of nitrogens with zero attached hydrogens (tertiary/aromatic N) is 4. The summed E-state index contributed by atoms with van der Waals surface area (Å²) in [6, 6.07) is 27.4. The predicted octanol–water partition coefficient (Wildman–Crippen LogP) is 6.27. The van der Waals surface area contributed by atoms with Crippen molar-refractivity contribution in [2.45, 2.75) is 0 Å². The maximum Gasteiger partial charge on any atom is 0.408 e. The molecule has 0 radical (unpaired) electrons. The van der Waals surface area contributed by atoms with Gasteiger partial charge in [0.2, 0.25) is 10.8 Å². The Hall–Kier alpha value is -4.81. The molecule has 2 heterocycles. The first-order valence-electron chi connectivity index (χ1n) is 10.2. The lowest BCUT2D eigenvalue weighted by Crippen LogP contribution is -1.91. The first kappa shape index (κ1) is 23.4. The average Bonchev–Trinajstić information content (AvgIpc) is 3.42. The van der Waals surface area contributed by atoms with Gasteiger partial charge in [0.05, 0.1) is 0 Å². The molecule has 2 aromatic heterocycles. The van der Waals surface area contributed by atoms with Crippen LogP contribution >= 0.6 is 0 Å². The first-order valence-corrected chi connectivity index (χ1v) is 11.5. The maximum absolute atomic E-state index is 8.87. The number of rotatable bonds is 0. The number of hydrogen-bond donors (Lipinski definition) is 2. The van der Waals surface area contributed by atoms with E-state index in [2.05, 4.69) is 32.1 Å². The van der Waals surface area contributed by atoms with Crippen LogP contribution in [0.2, 0.25) is 0 Å². The van der Waals surface area contributed by atoms with Crippen LogP contribution in [0.25, 0.3) is 53.6 Å². The summed E-state index contributed by atoms with van der Waals surface area (Å²) in [7, 11) is -5.17. The highest BCUT2D eigenvalue weighted by molar-refractivity contribution is 7.79. The van der Waals surface area contributed by atoms with Crippen LogP contribution in [0.1, 0.15) is 0 Å². The van der Waals surface area contributed by atoms with Crippen molar-refractivity contribution in [3.8, 4) is 0 Å². The Bertz CT molecular complexity index is 1750. The second-order valence-corrected chi connectivity index (χ2v) is 8.17. The van der Waals surface area contributed by atoms with Gasteiger partial charge in [0, 0.05) is 55.1 Å². The van der Waals surface area contributed by atoms with Gasteiger partial charge in [-0.2, -0.15) is 0 Å². The minimum atomic E-state index is -5.17. The summed E-state index contributed by atoms with van der Waals surface area (Å²) >= 11 is 0. The highest BCUT2D eigenvalue weighted by Gasteiger charge is 2.15. The molecule has 0 saturated carbocycles. The molecule has 0 aliphatic heterocycles. The monoisotopic (exact) mass is 484 g/mol. The molecule has 11 heteroatoms. The number of benzene rings is 4. The van der Waals surface area contributed by atoms with Crippen molar-refractivity contribution in [1.29, 1.82) is 10.8 Å². The third-order valence-corrected chi connectivity index (χ3v) is 5.25. The van der Waals surface area contributed by atoms with Crippen LogP contribution in [-0.2, 0) is 10.4 Å². The van der Waals surface area contributed by atoms with Gasteiger partial charge in [0.15, 0.2) is 9.95 Å². The molecule has 0 aliphatic carbocycles. The summed E-state index contributed by atoms with van der Waals surface area (Å²) in [4.78, 5) is 13.0. The molecule has 0 aliphatic rings. The molecule has 172 valence electrons. The van der Waals surface area contributed by atoms with Gasteiger partial charge in [0.1, 0.15) is 11.0 Å². The van der Waals surface area contributed by atoms with Crippen molar-refractivity contribution in [1.82, 2.24) is 9.97 Å². The summed E-state index contributed by atoms with van der Waals surface area (Å²) in [5, 5.41) is 22.2. The largest absolute Gasteiger partial charge is 0.759 e. The van der Waals surface area contributed by atoms with E-state index >= 15 is 0 Å². The lowest BCUT2D eigenvalue weighted by molar-refractivity contribution is 0.352. The third-order valence-electron chi connectivity index (χ3n) is 5.25. The molecule has 0 spiro atoms. The zero-order valence-electron chi connectivity index (χ0n) is 17.9. The number of fused-ring (bicyclic) bond motifs is 6. The van der Waals surface area contributed by atoms with Gasteiger partial charge < -0.3 is 19.1 Å². The molecule has 10 nitrogen and oxygen atoms in total. The Morgan fingerprint density at radius 2 is 0.914 bits per heavy atom. The Morgan fingerprint density at radius 3 is 1.29 bits per heavy atom. The maximum atomic E-state index is 8.87. The molecule has 6 aromatic rings. The summed E-state index contributed by atoms with van der Waals surface area (Å²) in [6.07, 6.45) is 0. The van der Waals surface area contributed by atoms with Crippen molar-refractivity contribution >= 4 is 65.4 Å². The molecule has 0 atom stereocenters. The third kappa shape index (κ3) is 5.08. The molecular formula is C24H16N6O4S. The van der Waals surface area contributed by atoms with E-state index in [1.165, 1.54) is 0 Å². The van der Waals surface area contributed by atoms with Crippen LogP contribution in [0.5, 0.6) is 0 Å². The topological polar surface area (TPSA) is 168 Å². The van der Waals surface area contributed by atoms with E-state index in [-0.39, 0.29) is 0 Å². The summed E-state index contributed by atoms with van der Waals surface area (Å²) in [5.74, 6) is 0. The van der Waals surface area contributed by atoms with Gasteiger partial charge in [0.25, 0.3) is 0 Å². The predicted molar refractivity (Wildman–Crippen MR) is 132 cm³/mol. The van der Waals surface area contributed by atoms with E-state index < -0.39 is 10.4 Å². The highest BCUT2D eigenvalue weighted by atomic mass is 32.3. The zero-order chi connectivity index (χ0) is 25.0. The summed E-state index contributed by atoms with van der Waals surface area (Å²) in [6.45, 7) is 0. The Morgan fingerprint density at radius 1 is 0.571 bits per heavy atom. The fraction of sp³-hybridized carbons (Fsp3) is 0. The van der Waals surface area contributed by atoms with Crippen molar-refractivity contribution in [3.05, 3.63) is 94.9 Å². The first-order chi connectivity index (χ1) is 16.8. The van der Waals surface area contributed by atoms with E-state index in [9.17, 15) is 0 Å². The molecule has 0 saturated heterocycles. The minimum absolute atomic E-state index is 0.573. The van der Waals surface area contributed by atoms with E-state index in [1.54, 1.807) is 12.1 Å². The fourth-order valence-corrected chi connectivity index (χ4v) is 3.88. The van der Waals surface area contributed by atoms with Crippen molar-refractivity contribution in [3.63, 3.8) is 0 Å². The van der Waals surface area contributed by atoms with Gasteiger partial charge in [-0.15, -0.1) is 0 Å². The number of diazo groups is 2. The normalized spacial score (nSPS) is 10.7. The van der Waals surface area contributed by atoms with Gasteiger partial charge in [-0.3, -0.25) is 8.42 Å². The summed E-state index contributed by atoms with van der Waals surface area (Å²) in [5.41, 5.74) is 5.02. The Balaban J connectivity index is 0.000000139. The quantitative estimate of drug-likeness (QED) is 0.146. The Labute approximate surface area is 198 Å². The molecule has 0 fully saturated rings.